The molecule has 3 aromatic heterocycles. The fourth-order valence-electron chi connectivity index (χ4n) is 1.56. The zero-order chi connectivity index (χ0) is 13.1. The topological polar surface area (TPSA) is 50.7 Å². The lowest BCUT2D eigenvalue weighted by Gasteiger charge is -2.05. The van der Waals surface area contributed by atoms with Gasteiger partial charge in [0.05, 0.1) is 6.20 Å². The average Bonchev–Trinajstić information content (AvgIpc) is 2.87. The number of aromatic nitrogens is 3. The first-order chi connectivity index (χ1) is 9.31. The number of thiazole rings is 1. The van der Waals surface area contributed by atoms with Crippen molar-refractivity contribution in [2.45, 2.75) is 0 Å². The normalized spacial score (nSPS) is 9.85. The number of anilines is 2. The summed E-state index contributed by atoms with van der Waals surface area (Å²) in [6.07, 6.45) is 3.36. The molecule has 0 unspecified atom stereocenters. The van der Waals surface area contributed by atoms with Gasteiger partial charge in [-0.3, -0.25) is 0 Å². The third-order valence-corrected chi connectivity index (χ3v) is 3.50. The van der Waals surface area contributed by atoms with Crippen LogP contribution in [0.1, 0.15) is 0 Å². The Morgan fingerprint density at radius 3 is 2.55 bits per heavy atom. The average molecular weight is 325 g/mol. The fraction of sp³-hybridized carbons (Fsp3) is 0. The number of nitrogens with one attached hydrogen (secondary N) is 1. The van der Waals surface area contributed by atoms with Crippen molar-refractivity contribution >= 4 is 47.0 Å². The molecule has 0 aliphatic heterocycles. The Labute approximate surface area is 131 Å². The molecule has 0 spiro atoms. The van der Waals surface area contributed by atoms with Gasteiger partial charge in [0.25, 0.3) is 0 Å². The molecule has 102 valence electrons. The van der Waals surface area contributed by atoms with Crippen LogP contribution < -0.4 is 5.32 Å². The zero-order valence-electron chi connectivity index (χ0n) is 10.2. The minimum atomic E-state index is 0. The predicted octanol–water partition coefficient (Wildman–Crippen LogP) is 4.42. The molecule has 3 aromatic rings. The van der Waals surface area contributed by atoms with Gasteiger partial charge in [0.15, 0.2) is 0 Å². The Bertz CT molecular complexity index is 688. The monoisotopic (exact) mass is 324 g/mol. The SMILES string of the molecule is Cl.Clc1cnc(-c2cccc(Nc3ccccn3)n2)s1. The van der Waals surface area contributed by atoms with Gasteiger partial charge in [-0.25, -0.2) is 15.0 Å². The van der Waals surface area contributed by atoms with Crippen LogP contribution in [0.15, 0.2) is 48.8 Å². The smallest absolute Gasteiger partial charge is 0.143 e. The van der Waals surface area contributed by atoms with Gasteiger partial charge in [-0.2, -0.15) is 0 Å². The standard InChI is InChI=1S/C13H9ClN4S.ClH/c14-10-8-16-13(19-10)9-4-3-6-12(17-9)18-11-5-1-2-7-15-11;/h1-8H,(H,15,17,18);1H. The lowest BCUT2D eigenvalue weighted by Crippen LogP contribution is -1.96. The predicted molar refractivity (Wildman–Crippen MR) is 85.1 cm³/mol. The third-order valence-electron chi connectivity index (χ3n) is 2.37. The van der Waals surface area contributed by atoms with E-state index in [4.69, 9.17) is 11.6 Å². The maximum atomic E-state index is 5.88. The number of rotatable bonds is 3. The van der Waals surface area contributed by atoms with E-state index >= 15 is 0 Å². The molecule has 20 heavy (non-hydrogen) atoms. The van der Waals surface area contributed by atoms with Gasteiger partial charge < -0.3 is 5.32 Å². The molecule has 1 N–H and O–H groups in total. The minimum absolute atomic E-state index is 0. The van der Waals surface area contributed by atoms with Crippen molar-refractivity contribution in [1.29, 1.82) is 0 Å². The molecule has 0 amide bonds. The van der Waals surface area contributed by atoms with E-state index < -0.39 is 0 Å². The van der Waals surface area contributed by atoms with Crippen LogP contribution in [-0.2, 0) is 0 Å². The second-order valence-corrected chi connectivity index (χ2v) is 5.38. The van der Waals surface area contributed by atoms with Gasteiger partial charge >= 0.3 is 0 Å². The van der Waals surface area contributed by atoms with Crippen LogP contribution >= 0.6 is 35.3 Å². The Hall–Kier alpha value is -1.69. The maximum absolute atomic E-state index is 5.88. The summed E-state index contributed by atoms with van der Waals surface area (Å²) in [6.45, 7) is 0. The summed E-state index contributed by atoms with van der Waals surface area (Å²) in [5.41, 5.74) is 0.790. The Morgan fingerprint density at radius 1 is 1.00 bits per heavy atom. The van der Waals surface area contributed by atoms with Gasteiger partial charge in [-0.1, -0.05) is 23.7 Å². The van der Waals surface area contributed by atoms with Crippen LogP contribution in [0.4, 0.5) is 11.6 Å². The van der Waals surface area contributed by atoms with E-state index in [-0.39, 0.29) is 12.4 Å². The number of pyridine rings is 2. The summed E-state index contributed by atoms with van der Waals surface area (Å²) in [7, 11) is 0. The lowest BCUT2D eigenvalue weighted by atomic mass is 10.3. The van der Waals surface area contributed by atoms with Crippen LogP contribution in [0.5, 0.6) is 0 Å². The lowest BCUT2D eigenvalue weighted by molar-refractivity contribution is 1.24. The maximum Gasteiger partial charge on any atom is 0.143 e. The Morgan fingerprint density at radius 2 is 1.85 bits per heavy atom. The van der Waals surface area contributed by atoms with Crippen molar-refractivity contribution in [2.75, 3.05) is 5.32 Å². The van der Waals surface area contributed by atoms with Crippen LogP contribution in [0, 0.1) is 0 Å². The van der Waals surface area contributed by atoms with Crippen molar-refractivity contribution in [1.82, 2.24) is 15.0 Å². The van der Waals surface area contributed by atoms with Crippen molar-refractivity contribution in [3.63, 3.8) is 0 Å². The molecule has 0 saturated carbocycles. The Balaban J connectivity index is 0.00000147. The van der Waals surface area contributed by atoms with E-state index in [1.54, 1.807) is 12.4 Å². The fourth-order valence-corrected chi connectivity index (χ4v) is 2.45. The van der Waals surface area contributed by atoms with Crippen molar-refractivity contribution in [3.05, 3.63) is 53.1 Å². The molecule has 0 aromatic carbocycles. The van der Waals surface area contributed by atoms with Crippen molar-refractivity contribution in [2.24, 2.45) is 0 Å². The van der Waals surface area contributed by atoms with Gasteiger partial charge in [0.1, 0.15) is 26.7 Å². The first-order valence-corrected chi connectivity index (χ1v) is 6.77. The summed E-state index contributed by atoms with van der Waals surface area (Å²) in [5, 5.41) is 3.94. The molecule has 0 radical (unpaired) electrons. The zero-order valence-corrected chi connectivity index (χ0v) is 12.5. The summed E-state index contributed by atoms with van der Waals surface area (Å²) >= 11 is 7.29. The molecular formula is C13H10Cl2N4S. The molecule has 0 atom stereocenters. The van der Waals surface area contributed by atoms with Gasteiger partial charge in [0, 0.05) is 6.20 Å². The molecule has 0 bridgehead atoms. The summed E-state index contributed by atoms with van der Waals surface area (Å²) in [5.74, 6) is 1.48. The molecule has 3 rings (SSSR count). The van der Waals surface area contributed by atoms with Gasteiger partial charge in [0.2, 0.25) is 0 Å². The van der Waals surface area contributed by atoms with Gasteiger partial charge in [-0.15, -0.1) is 23.7 Å². The second-order valence-electron chi connectivity index (χ2n) is 3.72. The highest BCUT2D eigenvalue weighted by atomic mass is 35.5. The highest BCUT2D eigenvalue weighted by Gasteiger charge is 2.06. The van der Waals surface area contributed by atoms with E-state index in [1.165, 1.54) is 11.3 Å². The first kappa shape index (κ1) is 14.7. The van der Waals surface area contributed by atoms with Gasteiger partial charge in [-0.05, 0) is 24.3 Å². The number of nitrogens with zero attached hydrogens (tertiary/aromatic N) is 3. The molecule has 0 aliphatic rings. The number of hydrogen-bond acceptors (Lipinski definition) is 5. The van der Waals surface area contributed by atoms with Crippen molar-refractivity contribution < 1.29 is 0 Å². The minimum Gasteiger partial charge on any atom is -0.325 e. The highest BCUT2D eigenvalue weighted by Crippen LogP contribution is 2.27. The van der Waals surface area contributed by atoms with E-state index in [0.717, 1.165) is 22.3 Å². The quantitative estimate of drug-likeness (QED) is 0.774. The van der Waals surface area contributed by atoms with E-state index in [2.05, 4.69) is 20.3 Å². The van der Waals surface area contributed by atoms with E-state index in [9.17, 15) is 0 Å². The highest BCUT2D eigenvalue weighted by molar-refractivity contribution is 7.18. The van der Waals surface area contributed by atoms with Crippen LogP contribution in [0.2, 0.25) is 4.34 Å². The third kappa shape index (κ3) is 3.45. The van der Waals surface area contributed by atoms with E-state index in [1.807, 2.05) is 36.4 Å². The number of hydrogen-bond donors (Lipinski definition) is 1. The molecule has 4 nitrogen and oxygen atoms in total. The van der Waals surface area contributed by atoms with Crippen LogP contribution in [0.3, 0.4) is 0 Å². The first-order valence-electron chi connectivity index (χ1n) is 5.58. The Kier molecular flexibility index (Phi) is 4.89. The summed E-state index contributed by atoms with van der Waals surface area (Å²) in [4.78, 5) is 12.9. The molecule has 0 aliphatic carbocycles. The van der Waals surface area contributed by atoms with Crippen molar-refractivity contribution in [3.8, 4) is 10.7 Å². The van der Waals surface area contributed by atoms with Crippen LogP contribution in [-0.4, -0.2) is 15.0 Å². The molecule has 0 fully saturated rings. The summed E-state index contributed by atoms with van der Waals surface area (Å²) < 4.78 is 0.653. The van der Waals surface area contributed by atoms with Crippen LogP contribution in [0.25, 0.3) is 10.7 Å². The molecule has 0 saturated heterocycles. The van der Waals surface area contributed by atoms with E-state index in [0.29, 0.717) is 4.34 Å². The number of halogens is 2. The molecule has 7 heteroatoms. The second kappa shape index (κ2) is 6.65. The molecule has 3 heterocycles. The summed E-state index contributed by atoms with van der Waals surface area (Å²) in [6, 6.07) is 11.4. The molecular weight excluding hydrogens is 315 g/mol. The largest absolute Gasteiger partial charge is 0.325 e.